The number of rotatable bonds is 7. The van der Waals surface area contributed by atoms with Crippen LogP contribution < -0.4 is 5.73 Å². The standard InChI is InChI=1S/C12H22N4/c1-2-6-15(10-11-3-4-11)8-9-16-7-5-12(13)14-16/h5,7,11H,2-4,6,8-10H2,1H3,(H2,13,14). The van der Waals surface area contributed by atoms with Crippen molar-refractivity contribution in [2.75, 3.05) is 25.4 Å². The van der Waals surface area contributed by atoms with E-state index < -0.39 is 0 Å². The van der Waals surface area contributed by atoms with Crippen LogP contribution in [0.1, 0.15) is 26.2 Å². The second kappa shape index (κ2) is 5.34. The minimum Gasteiger partial charge on any atom is -0.382 e. The highest BCUT2D eigenvalue weighted by molar-refractivity contribution is 5.23. The number of nitrogens with zero attached hydrogens (tertiary/aromatic N) is 3. The summed E-state index contributed by atoms with van der Waals surface area (Å²) in [5, 5.41) is 4.21. The van der Waals surface area contributed by atoms with Gasteiger partial charge in [0, 0.05) is 19.3 Å². The molecule has 1 heterocycles. The molecule has 1 saturated carbocycles. The van der Waals surface area contributed by atoms with Crippen LogP contribution in [0.15, 0.2) is 12.3 Å². The van der Waals surface area contributed by atoms with Gasteiger partial charge in [-0.3, -0.25) is 4.68 Å². The molecule has 0 spiro atoms. The van der Waals surface area contributed by atoms with E-state index in [0.29, 0.717) is 5.82 Å². The predicted molar refractivity (Wildman–Crippen MR) is 66.1 cm³/mol. The second-order valence-electron chi connectivity index (χ2n) is 4.75. The fraction of sp³-hybridized carbons (Fsp3) is 0.750. The third kappa shape index (κ3) is 3.52. The summed E-state index contributed by atoms with van der Waals surface area (Å²) < 4.78 is 1.94. The summed E-state index contributed by atoms with van der Waals surface area (Å²) in [6.07, 6.45) is 6.04. The molecular weight excluding hydrogens is 200 g/mol. The number of hydrogen-bond acceptors (Lipinski definition) is 3. The number of hydrogen-bond donors (Lipinski definition) is 1. The van der Waals surface area contributed by atoms with Gasteiger partial charge in [0.05, 0.1) is 6.54 Å². The third-order valence-electron chi connectivity index (χ3n) is 3.06. The molecule has 1 aromatic heterocycles. The fourth-order valence-electron chi connectivity index (χ4n) is 2.02. The highest BCUT2D eigenvalue weighted by atomic mass is 15.3. The molecule has 4 nitrogen and oxygen atoms in total. The normalized spacial score (nSPS) is 15.9. The monoisotopic (exact) mass is 222 g/mol. The maximum atomic E-state index is 5.59. The maximum absolute atomic E-state index is 5.59. The van der Waals surface area contributed by atoms with Crippen molar-refractivity contribution >= 4 is 5.82 Å². The van der Waals surface area contributed by atoms with Gasteiger partial charge >= 0.3 is 0 Å². The van der Waals surface area contributed by atoms with Crippen LogP contribution in [0.3, 0.4) is 0 Å². The molecule has 4 heteroatoms. The van der Waals surface area contributed by atoms with E-state index in [1.807, 2.05) is 16.9 Å². The Bertz CT molecular complexity index is 317. The molecule has 90 valence electrons. The van der Waals surface area contributed by atoms with Crippen LogP contribution in [0.25, 0.3) is 0 Å². The average Bonchev–Trinajstić information content (AvgIpc) is 2.97. The van der Waals surface area contributed by atoms with Gasteiger partial charge in [-0.1, -0.05) is 6.92 Å². The van der Waals surface area contributed by atoms with Gasteiger partial charge < -0.3 is 10.6 Å². The first kappa shape index (κ1) is 11.5. The van der Waals surface area contributed by atoms with Crippen LogP contribution in [0.5, 0.6) is 0 Å². The maximum Gasteiger partial charge on any atom is 0.145 e. The summed E-state index contributed by atoms with van der Waals surface area (Å²) in [7, 11) is 0. The van der Waals surface area contributed by atoms with E-state index in [2.05, 4.69) is 16.9 Å². The van der Waals surface area contributed by atoms with Crippen LogP contribution in [0.4, 0.5) is 5.82 Å². The Labute approximate surface area is 97.4 Å². The summed E-state index contributed by atoms with van der Waals surface area (Å²) in [5.41, 5.74) is 5.59. The second-order valence-corrected chi connectivity index (χ2v) is 4.75. The average molecular weight is 222 g/mol. The first-order valence-corrected chi connectivity index (χ1v) is 6.29. The molecule has 0 aromatic carbocycles. The largest absolute Gasteiger partial charge is 0.382 e. The van der Waals surface area contributed by atoms with E-state index in [-0.39, 0.29) is 0 Å². The minimum absolute atomic E-state index is 0.615. The molecule has 0 radical (unpaired) electrons. The smallest absolute Gasteiger partial charge is 0.145 e. The third-order valence-corrected chi connectivity index (χ3v) is 3.06. The fourth-order valence-corrected chi connectivity index (χ4v) is 2.02. The van der Waals surface area contributed by atoms with E-state index in [4.69, 9.17) is 5.73 Å². The Morgan fingerprint density at radius 3 is 2.88 bits per heavy atom. The molecule has 1 aliphatic carbocycles. The number of anilines is 1. The number of aromatic nitrogens is 2. The van der Waals surface area contributed by atoms with Crippen molar-refractivity contribution in [3.05, 3.63) is 12.3 Å². The summed E-state index contributed by atoms with van der Waals surface area (Å²) in [6, 6.07) is 1.85. The van der Waals surface area contributed by atoms with Gasteiger partial charge in [0.1, 0.15) is 5.82 Å². The first-order valence-electron chi connectivity index (χ1n) is 6.29. The van der Waals surface area contributed by atoms with E-state index in [9.17, 15) is 0 Å². The van der Waals surface area contributed by atoms with Gasteiger partial charge in [-0.05, 0) is 37.8 Å². The van der Waals surface area contributed by atoms with Crippen molar-refractivity contribution in [3.63, 3.8) is 0 Å². The highest BCUT2D eigenvalue weighted by Crippen LogP contribution is 2.29. The first-order chi connectivity index (χ1) is 7.78. The summed E-state index contributed by atoms with van der Waals surface area (Å²) >= 11 is 0. The van der Waals surface area contributed by atoms with Crippen LogP contribution in [-0.4, -0.2) is 34.3 Å². The van der Waals surface area contributed by atoms with Crippen LogP contribution in [0, 0.1) is 5.92 Å². The Hall–Kier alpha value is -1.03. The molecule has 1 aromatic rings. The van der Waals surface area contributed by atoms with Crippen molar-refractivity contribution in [1.29, 1.82) is 0 Å². The number of nitrogen functional groups attached to an aromatic ring is 1. The SMILES string of the molecule is CCCN(CCn1ccc(N)n1)CC1CC1. The molecule has 0 saturated heterocycles. The molecule has 0 amide bonds. The quantitative estimate of drug-likeness (QED) is 0.762. The lowest BCUT2D eigenvalue weighted by molar-refractivity contribution is 0.249. The van der Waals surface area contributed by atoms with E-state index >= 15 is 0 Å². The molecule has 16 heavy (non-hydrogen) atoms. The van der Waals surface area contributed by atoms with Crippen LogP contribution in [-0.2, 0) is 6.54 Å². The lowest BCUT2D eigenvalue weighted by atomic mass is 10.3. The molecule has 0 aliphatic heterocycles. The van der Waals surface area contributed by atoms with Crippen LogP contribution in [0.2, 0.25) is 0 Å². The number of nitrogens with two attached hydrogens (primary N) is 1. The van der Waals surface area contributed by atoms with Gasteiger partial charge in [0.25, 0.3) is 0 Å². The lowest BCUT2D eigenvalue weighted by Gasteiger charge is -2.21. The van der Waals surface area contributed by atoms with Gasteiger partial charge in [0.15, 0.2) is 0 Å². The van der Waals surface area contributed by atoms with Gasteiger partial charge in [-0.15, -0.1) is 0 Å². The van der Waals surface area contributed by atoms with Crippen molar-refractivity contribution in [3.8, 4) is 0 Å². The van der Waals surface area contributed by atoms with E-state index in [0.717, 1.165) is 19.0 Å². The van der Waals surface area contributed by atoms with Crippen molar-refractivity contribution < 1.29 is 0 Å². The zero-order valence-electron chi connectivity index (χ0n) is 10.1. The zero-order valence-corrected chi connectivity index (χ0v) is 10.1. The highest BCUT2D eigenvalue weighted by Gasteiger charge is 2.23. The van der Waals surface area contributed by atoms with Gasteiger partial charge in [0.2, 0.25) is 0 Å². The molecule has 0 atom stereocenters. The topological polar surface area (TPSA) is 47.1 Å². The molecule has 2 rings (SSSR count). The summed E-state index contributed by atoms with van der Waals surface area (Å²) in [5.74, 6) is 1.58. The molecule has 2 N–H and O–H groups in total. The zero-order chi connectivity index (χ0) is 11.4. The lowest BCUT2D eigenvalue weighted by Crippen LogP contribution is -2.30. The Balaban J connectivity index is 1.75. The Morgan fingerprint density at radius 1 is 1.50 bits per heavy atom. The van der Waals surface area contributed by atoms with E-state index in [1.54, 1.807) is 0 Å². The Morgan fingerprint density at radius 2 is 2.31 bits per heavy atom. The van der Waals surface area contributed by atoms with Gasteiger partial charge in [-0.25, -0.2) is 0 Å². The molecule has 1 aliphatic rings. The van der Waals surface area contributed by atoms with Crippen LogP contribution >= 0.6 is 0 Å². The van der Waals surface area contributed by atoms with E-state index in [1.165, 1.54) is 32.4 Å². The van der Waals surface area contributed by atoms with Crippen molar-refractivity contribution in [1.82, 2.24) is 14.7 Å². The molecule has 0 unspecified atom stereocenters. The molecule has 0 bridgehead atoms. The Kier molecular flexibility index (Phi) is 3.83. The summed E-state index contributed by atoms with van der Waals surface area (Å²) in [4.78, 5) is 2.55. The van der Waals surface area contributed by atoms with Crippen molar-refractivity contribution in [2.45, 2.75) is 32.7 Å². The predicted octanol–water partition coefficient (Wildman–Crippen LogP) is 1.59. The van der Waals surface area contributed by atoms with Gasteiger partial charge in [-0.2, -0.15) is 5.10 Å². The summed E-state index contributed by atoms with van der Waals surface area (Å²) in [6.45, 7) is 6.75. The molecule has 1 fully saturated rings. The minimum atomic E-state index is 0.615. The molecular formula is C12H22N4. The van der Waals surface area contributed by atoms with Crippen molar-refractivity contribution in [2.24, 2.45) is 5.92 Å².